The Morgan fingerprint density at radius 2 is 1.79 bits per heavy atom. The molecule has 0 aromatic rings. The van der Waals surface area contributed by atoms with E-state index in [0.29, 0.717) is 32.5 Å². The Hall–Kier alpha value is -1.30. The maximum Gasteiger partial charge on any atom is 0.409 e. The zero-order valence-corrected chi connectivity index (χ0v) is 12.1. The molecule has 0 spiro atoms. The van der Waals surface area contributed by atoms with Crippen molar-refractivity contribution < 1.29 is 14.3 Å². The van der Waals surface area contributed by atoms with Gasteiger partial charge in [-0.15, -0.1) is 0 Å². The van der Waals surface area contributed by atoms with Crippen LogP contribution in [0.2, 0.25) is 0 Å². The van der Waals surface area contributed by atoms with Gasteiger partial charge in [0.1, 0.15) is 0 Å². The third-order valence-electron chi connectivity index (χ3n) is 2.80. The summed E-state index contributed by atoms with van der Waals surface area (Å²) in [6.07, 6.45) is 5.03. The van der Waals surface area contributed by atoms with Crippen molar-refractivity contribution in [1.82, 2.24) is 10.3 Å². The molecule has 0 aromatic carbocycles. The summed E-state index contributed by atoms with van der Waals surface area (Å²) in [6, 6.07) is 0. The molecular weight excluding hydrogens is 246 g/mol. The lowest BCUT2D eigenvalue weighted by Gasteiger charge is -2.21. The molecule has 0 aliphatic heterocycles. The molecule has 0 aromatic heterocycles. The molecule has 0 bridgehead atoms. The normalized spacial score (nSPS) is 10.1. The van der Waals surface area contributed by atoms with Gasteiger partial charge in [0.05, 0.1) is 6.61 Å². The van der Waals surface area contributed by atoms with Crippen LogP contribution >= 0.6 is 0 Å². The molecule has 0 aliphatic carbocycles. The second-order valence-electron chi connectivity index (χ2n) is 4.42. The maximum atomic E-state index is 11.7. The van der Waals surface area contributed by atoms with Gasteiger partial charge < -0.3 is 9.64 Å². The highest BCUT2D eigenvalue weighted by molar-refractivity contribution is 5.75. The van der Waals surface area contributed by atoms with E-state index in [9.17, 15) is 9.59 Å². The van der Waals surface area contributed by atoms with Crippen molar-refractivity contribution in [2.24, 2.45) is 5.84 Å². The van der Waals surface area contributed by atoms with Crippen molar-refractivity contribution in [2.45, 2.75) is 52.4 Å². The number of carbonyl (C=O) groups excluding carboxylic acids is 2. The van der Waals surface area contributed by atoms with E-state index in [1.807, 2.05) is 0 Å². The van der Waals surface area contributed by atoms with E-state index in [1.165, 1.54) is 6.42 Å². The topological polar surface area (TPSA) is 84.7 Å². The fourth-order valence-corrected chi connectivity index (χ4v) is 1.74. The summed E-state index contributed by atoms with van der Waals surface area (Å²) in [4.78, 5) is 24.4. The first kappa shape index (κ1) is 17.7. The van der Waals surface area contributed by atoms with Crippen molar-refractivity contribution in [2.75, 3.05) is 19.7 Å². The van der Waals surface area contributed by atoms with Crippen LogP contribution < -0.4 is 11.3 Å². The summed E-state index contributed by atoms with van der Waals surface area (Å²) in [7, 11) is 0. The minimum Gasteiger partial charge on any atom is -0.450 e. The average molecular weight is 273 g/mol. The molecule has 19 heavy (non-hydrogen) atoms. The fourth-order valence-electron chi connectivity index (χ4n) is 1.74. The van der Waals surface area contributed by atoms with Gasteiger partial charge in [0.15, 0.2) is 0 Å². The number of amides is 2. The molecule has 2 amide bonds. The first-order valence-electron chi connectivity index (χ1n) is 7.06. The molecule has 0 radical (unpaired) electrons. The molecule has 0 unspecified atom stereocenters. The SMILES string of the molecule is CCCCCCN(CCCC(=O)NN)C(=O)OCC. The Balaban J connectivity index is 4.02. The van der Waals surface area contributed by atoms with Crippen molar-refractivity contribution in [3.8, 4) is 0 Å². The first-order chi connectivity index (χ1) is 9.15. The Labute approximate surface area is 115 Å². The van der Waals surface area contributed by atoms with Crippen LogP contribution in [0.1, 0.15) is 52.4 Å². The summed E-state index contributed by atoms with van der Waals surface area (Å²) in [6.45, 7) is 5.51. The molecular formula is C13H27N3O3. The minimum atomic E-state index is -0.299. The van der Waals surface area contributed by atoms with Gasteiger partial charge in [-0.05, 0) is 19.8 Å². The standard InChI is InChI=1S/C13H27N3O3/c1-3-5-6-7-10-16(13(18)19-4-2)11-8-9-12(17)15-14/h3-11,14H2,1-2H3,(H,15,17). The van der Waals surface area contributed by atoms with Crippen LogP contribution in [0.25, 0.3) is 0 Å². The van der Waals surface area contributed by atoms with Crippen molar-refractivity contribution >= 4 is 12.0 Å². The second kappa shape index (κ2) is 11.8. The smallest absolute Gasteiger partial charge is 0.409 e. The van der Waals surface area contributed by atoms with Crippen LogP contribution in [0.3, 0.4) is 0 Å². The number of carbonyl (C=O) groups is 2. The van der Waals surface area contributed by atoms with E-state index in [2.05, 4.69) is 12.3 Å². The van der Waals surface area contributed by atoms with Crippen LogP contribution in [0, 0.1) is 0 Å². The number of hydrogen-bond acceptors (Lipinski definition) is 4. The number of ether oxygens (including phenoxy) is 1. The van der Waals surface area contributed by atoms with Gasteiger partial charge in [-0.2, -0.15) is 0 Å². The molecule has 6 heteroatoms. The average Bonchev–Trinajstić information content (AvgIpc) is 2.41. The second-order valence-corrected chi connectivity index (χ2v) is 4.42. The van der Waals surface area contributed by atoms with E-state index in [0.717, 1.165) is 19.3 Å². The highest BCUT2D eigenvalue weighted by atomic mass is 16.6. The monoisotopic (exact) mass is 273 g/mol. The predicted octanol–water partition coefficient (Wildman–Crippen LogP) is 1.80. The van der Waals surface area contributed by atoms with Gasteiger partial charge in [0.2, 0.25) is 5.91 Å². The number of hydrazine groups is 1. The molecule has 0 heterocycles. The van der Waals surface area contributed by atoms with Gasteiger partial charge in [-0.25, -0.2) is 10.6 Å². The van der Waals surface area contributed by atoms with Gasteiger partial charge in [0.25, 0.3) is 0 Å². The van der Waals surface area contributed by atoms with E-state index >= 15 is 0 Å². The van der Waals surface area contributed by atoms with Crippen LogP contribution in [0.4, 0.5) is 4.79 Å². The van der Waals surface area contributed by atoms with Gasteiger partial charge >= 0.3 is 6.09 Å². The molecule has 112 valence electrons. The number of rotatable bonds is 10. The van der Waals surface area contributed by atoms with Crippen molar-refractivity contribution in [3.05, 3.63) is 0 Å². The highest BCUT2D eigenvalue weighted by Crippen LogP contribution is 2.05. The van der Waals surface area contributed by atoms with Crippen LogP contribution in [-0.2, 0) is 9.53 Å². The van der Waals surface area contributed by atoms with Crippen LogP contribution in [0.15, 0.2) is 0 Å². The summed E-state index contributed by atoms with van der Waals surface area (Å²) in [5.74, 6) is 4.79. The lowest BCUT2D eigenvalue weighted by molar-refractivity contribution is -0.121. The summed E-state index contributed by atoms with van der Waals surface area (Å²) < 4.78 is 5.01. The Bertz CT molecular complexity index is 260. The van der Waals surface area contributed by atoms with E-state index in [-0.39, 0.29) is 12.0 Å². The third-order valence-corrected chi connectivity index (χ3v) is 2.80. The fraction of sp³-hybridized carbons (Fsp3) is 0.846. The summed E-state index contributed by atoms with van der Waals surface area (Å²) in [5.41, 5.74) is 2.08. The Kier molecular flexibility index (Phi) is 11.0. The Morgan fingerprint density at radius 1 is 1.11 bits per heavy atom. The summed E-state index contributed by atoms with van der Waals surface area (Å²) in [5, 5.41) is 0. The molecule has 0 rings (SSSR count). The largest absolute Gasteiger partial charge is 0.450 e. The van der Waals surface area contributed by atoms with Crippen LogP contribution in [0.5, 0.6) is 0 Å². The minimum absolute atomic E-state index is 0.213. The molecule has 0 fully saturated rings. The lowest BCUT2D eigenvalue weighted by Crippen LogP contribution is -2.35. The third kappa shape index (κ3) is 9.30. The molecule has 3 N–H and O–H groups in total. The maximum absolute atomic E-state index is 11.7. The number of unbranched alkanes of at least 4 members (excludes halogenated alkanes) is 3. The van der Waals surface area contributed by atoms with Gasteiger partial charge in [-0.1, -0.05) is 26.2 Å². The number of nitrogens with two attached hydrogens (primary N) is 1. The quantitative estimate of drug-likeness (QED) is 0.275. The van der Waals surface area contributed by atoms with E-state index < -0.39 is 0 Å². The number of hydrogen-bond donors (Lipinski definition) is 2. The van der Waals surface area contributed by atoms with Gasteiger partial charge in [-0.3, -0.25) is 10.2 Å². The van der Waals surface area contributed by atoms with Crippen molar-refractivity contribution in [1.29, 1.82) is 0 Å². The van der Waals surface area contributed by atoms with E-state index in [1.54, 1.807) is 11.8 Å². The zero-order valence-electron chi connectivity index (χ0n) is 12.1. The lowest BCUT2D eigenvalue weighted by atomic mass is 10.2. The van der Waals surface area contributed by atoms with Crippen molar-refractivity contribution in [3.63, 3.8) is 0 Å². The first-order valence-corrected chi connectivity index (χ1v) is 7.06. The highest BCUT2D eigenvalue weighted by Gasteiger charge is 2.14. The van der Waals surface area contributed by atoms with E-state index in [4.69, 9.17) is 10.6 Å². The molecule has 6 nitrogen and oxygen atoms in total. The zero-order chi connectivity index (χ0) is 14.5. The number of nitrogens with zero attached hydrogens (tertiary/aromatic N) is 1. The molecule has 0 saturated heterocycles. The molecule has 0 saturated carbocycles. The van der Waals surface area contributed by atoms with Crippen LogP contribution in [-0.4, -0.2) is 36.6 Å². The van der Waals surface area contributed by atoms with Gasteiger partial charge in [0, 0.05) is 19.5 Å². The number of nitrogens with one attached hydrogen (secondary N) is 1. The molecule has 0 aliphatic rings. The summed E-state index contributed by atoms with van der Waals surface area (Å²) >= 11 is 0. The predicted molar refractivity (Wildman–Crippen MR) is 74.3 cm³/mol. The molecule has 0 atom stereocenters. The Morgan fingerprint density at radius 3 is 2.37 bits per heavy atom.